The fourth-order valence-electron chi connectivity index (χ4n) is 3.52. The van der Waals surface area contributed by atoms with Crippen molar-refractivity contribution in [2.24, 2.45) is 0 Å². The number of aryl methyl sites for hydroxylation is 2. The molecule has 1 aliphatic heterocycles. The van der Waals surface area contributed by atoms with Crippen LogP contribution in [0.2, 0.25) is 0 Å². The van der Waals surface area contributed by atoms with Gasteiger partial charge < -0.3 is 20.1 Å². The van der Waals surface area contributed by atoms with Gasteiger partial charge in [-0.2, -0.15) is 0 Å². The van der Waals surface area contributed by atoms with E-state index in [9.17, 15) is 9.59 Å². The van der Waals surface area contributed by atoms with E-state index in [1.54, 1.807) is 0 Å². The highest BCUT2D eigenvalue weighted by Crippen LogP contribution is 2.31. The number of rotatable bonds is 6. The van der Waals surface area contributed by atoms with Gasteiger partial charge in [-0.1, -0.05) is 31.5 Å². The van der Waals surface area contributed by atoms with E-state index in [2.05, 4.69) is 16.7 Å². The summed E-state index contributed by atoms with van der Waals surface area (Å²) in [5, 5.41) is 5.56. The van der Waals surface area contributed by atoms with E-state index in [0.29, 0.717) is 23.4 Å². The summed E-state index contributed by atoms with van der Waals surface area (Å²) in [5.41, 5.74) is 4.07. The van der Waals surface area contributed by atoms with Crippen molar-refractivity contribution in [3.05, 3.63) is 70.4 Å². The van der Waals surface area contributed by atoms with E-state index in [4.69, 9.17) is 9.47 Å². The number of allylic oxidation sites excluding steroid dienone is 1. The van der Waals surface area contributed by atoms with Crippen LogP contribution in [0.25, 0.3) is 0 Å². The summed E-state index contributed by atoms with van der Waals surface area (Å²) in [6, 6.07) is 12.5. The number of methoxy groups -OCH3 is 1. The molecule has 3 rings (SSSR count). The van der Waals surface area contributed by atoms with E-state index >= 15 is 0 Å². The molecule has 0 spiro atoms. The minimum Gasteiger partial charge on any atom is -0.466 e. The monoisotopic (exact) mass is 394 g/mol. The number of nitrogens with one attached hydrogen (secondary N) is 2. The van der Waals surface area contributed by atoms with E-state index in [1.807, 2.05) is 57.2 Å². The number of urea groups is 1. The van der Waals surface area contributed by atoms with Gasteiger partial charge in [-0.15, -0.1) is 0 Å². The molecule has 1 heterocycles. The average Bonchev–Trinajstić information content (AvgIpc) is 2.67. The number of ether oxygens (including phenoxy) is 2. The summed E-state index contributed by atoms with van der Waals surface area (Å²) in [4.78, 5) is 24.5. The Morgan fingerprint density at radius 3 is 2.28 bits per heavy atom. The standard InChI is InChI=1S/C23H26N2O4/c1-5-6-19-20(22(26)28-4)21(25-23(27)24-19)16-7-9-17(10-8-16)29-18-12-14(2)11-15(3)13-18/h7-13,21H,5-6H2,1-4H3,(H2,24,25,27). The van der Waals surface area contributed by atoms with Gasteiger partial charge in [0, 0.05) is 5.70 Å². The lowest BCUT2D eigenvalue weighted by Crippen LogP contribution is -2.45. The van der Waals surface area contributed by atoms with Crippen LogP contribution in [0.15, 0.2) is 53.7 Å². The minimum absolute atomic E-state index is 0.332. The quantitative estimate of drug-likeness (QED) is 0.698. The molecule has 6 heteroatoms. The van der Waals surface area contributed by atoms with Gasteiger partial charge >= 0.3 is 12.0 Å². The molecule has 0 bridgehead atoms. The van der Waals surface area contributed by atoms with Crippen molar-refractivity contribution in [1.82, 2.24) is 10.6 Å². The fourth-order valence-corrected chi connectivity index (χ4v) is 3.52. The van der Waals surface area contributed by atoms with E-state index in [1.165, 1.54) is 7.11 Å². The molecule has 152 valence electrons. The van der Waals surface area contributed by atoms with Gasteiger partial charge in [-0.25, -0.2) is 9.59 Å². The van der Waals surface area contributed by atoms with Crippen molar-refractivity contribution >= 4 is 12.0 Å². The van der Waals surface area contributed by atoms with Crippen molar-refractivity contribution in [3.8, 4) is 11.5 Å². The molecule has 0 saturated carbocycles. The van der Waals surface area contributed by atoms with Crippen molar-refractivity contribution in [1.29, 1.82) is 0 Å². The van der Waals surface area contributed by atoms with Crippen LogP contribution >= 0.6 is 0 Å². The van der Waals surface area contributed by atoms with Crippen LogP contribution in [-0.2, 0) is 9.53 Å². The van der Waals surface area contributed by atoms with E-state index in [-0.39, 0.29) is 6.03 Å². The van der Waals surface area contributed by atoms with Crippen LogP contribution in [0.3, 0.4) is 0 Å². The number of amides is 2. The van der Waals surface area contributed by atoms with Gasteiger partial charge in [0.15, 0.2) is 0 Å². The molecule has 6 nitrogen and oxygen atoms in total. The summed E-state index contributed by atoms with van der Waals surface area (Å²) in [6.45, 7) is 6.04. The van der Waals surface area contributed by atoms with Crippen molar-refractivity contribution < 1.29 is 19.1 Å². The molecular weight excluding hydrogens is 368 g/mol. The summed E-state index contributed by atoms with van der Waals surface area (Å²) >= 11 is 0. The molecule has 1 atom stereocenters. The molecule has 0 fully saturated rings. The first-order valence-electron chi connectivity index (χ1n) is 9.66. The zero-order chi connectivity index (χ0) is 21.0. The topological polar surface area (TPSA) is 76.7 Å². The lowest BCUT2D eigenvalue weighted by atomic mass is 9.94. The van der Waals surface area contributed by atoms with Crippen molar-refractivity contribution in [2.45, 2.75) is 39.7 Å². The third kappa shape index (κ3) is 4.77. The van der Waals surface area contributed by atoms with E-state index in [0.717, 1.165) is 28.9 Å². The van der Waals surface area contributed by atoms with Crippen LogP contribution in [0.4, 0.5) is 4.79 Å². The minimum atomic E-state index is -0.576. The number of carbonyl (C=O) groups is 2. The number of benzene rings is 2. The van der Waals surface area contributed by atoms with Crippen LogP contribution in [0, 0.1) is 13.8 Å². The van der Waals surface area contributed by atoms with Gasteiger partial charge in [-0.3, -0.25) is 0 Å². The van der Waals surface area contributed by atoms with Gasteiger partial charge in [-0.05, 0) is 61.2 Å². The Bertz CT molecular complexity index is 928. The first-order chi connectivity index (χ1) is 13.9. The summed E-state index contributed by atoms with van der Waals surface area (Å²) in [5.74, 6) is 0.990. The summed E-state index contributed by atoms with van der Waals surface area (Å²) < 4.78 is 10.9. The molecule has 2 N–H and O–H groups in total. The number of hydrogen-bond acceptors (Lipinski definition) is 4. The maximum absolute atomic E-state index is 12.4. The van der Waals surface area contributed by atoms with E-state index < -0.39 is 12.0 Å². The lowest BCUT2D eigenvalue weighted by molar-refractivity contribution is -0.136. The van der Waals surface area contributed by atoms with Gasteiger partial charge in [0.25, 0.3) is 0 Å². The molecule has 0 radical (unpaired) electrons. The summed E-state index contributed by atoms with van der Waals surface area (Å²) in [6.07, 6.45) is 1.38. The Hall–Kier alpha value is -3.28. The zero-order valence-electron chi connectivity index (χ0n) is 17.2. The SMILES string of the molecule is CCCC1=C(C(=O)OC)C(c2ccc(Oc3cc(C)cc(C)c3)cc2)NC(=O)N1. The Balaban J connectivity index is 1.89. The Morgan fingerprint density at radius 2 is 1.69 bits per heavy atom. The first-order valence-corrected chi connectivity index (χ1v) is 9.66. The molecule has 0 saturated heterocycles. The Labute approximate surface area is 170 Å². The normalized spacial score (nSPS) is 16.1. The highest BCUT2D eigenvalue weighted by atomic mass is 16.5. The maximum Gasteiger partial charge on any atom is 0.337 e. The second-order valence-electron chi connectivity index (χ2n) is 7.16. The third-order valence-electron chi connectivity index (χ3n) is 4.70. The predicted octanol–water partition coefficient (Wildman–Crippen LogP) is 4.68. The molecule has 29 heavy (non-hydrogen) atoms. The number of hydrogen-bond donors (Lipinski definition) is 2. The lowest BCUT2D eigenvalue weighted by Gasteiger charge is -2.29. The molecule has 0 aliphatic carbocycles. The first kappa shape index (κ1) is 20.5. The van der Waals surface area contributed by atoms with Crippen LogP contribution in [0.1, 0.15) is 42.5 Å². The Morgan fingerprint density at radius 1 is 1.03 bits per heavy atom. The molecule has 1 unspecified atom stereocenters. The predicted molar refractivity (Wildman–Crippen MR) is 111 cm³/mol. The summed E-state index contributed by atoms with van der Waals surface area (Å²) in [7, 11) is 1.34. The number of esters is 1. The van der Waals surface area contributed by atoms with Crippen molar-refractivity contribution in [2.75, 3.05) is 7.11 Å². The third-order valence-corrected chi connectivity index (χ3v) is 4.70. The molecule has 2 amide bonds. The van der Waals surface area contributed by atoms with Crippen LogP contribution < -0.4 is 15.4 Å². The highest BCUT2D eigenvalue weighted by molar-refractivity contribution is 5.95. The smallest absolute Gasteiger partial charge is 0.337 e. The molecule has 1 aliphatic rings. The van der Waals surface area contributed by atoms with Gasteiger partial charge in [0.05, 0.1) is 18.7 Å². The van der Waals surface area contributed by atoms with Crippen LogP contribution in [0.5, 0.6) is 11.5 Å². The number of carbonyl (C=O) groups excluding carboxylic acids is 2. The zero-order valence-corrected chi connectivity index (χ0v) is 17.2. The van der Waals surface area contributed by atoms with Crippen molar-refractivity contribution in [3.63, 3.8) is 0 Å². The maximum atomic E-state index is 12.4. The van der Waals surface area contributed by atoms with Crippen LogP contribution in [-0.4, -0.2) is 19.1 Å². The highest BCUT2D eigenvalue weighted by Gasteiger charge is 2.33. The van der Waals surface area contributed by atoms with Gasteiger partial charge in [0.1, 0.15) is 11.5 Å². The molecule has 2 aromatic carbocycles. The molecule has 2 aromatic rings. The largest absolute Gasteiger partial charge is 0.466 e. The molecular formula is C23H26N2O4. The second-order valence-corrected chi connectivity index (χ2v) is 7.16. The van der Waals surface area contributed by atoms with Gasteiger partial charge in [0.2, 0.25) is 0 Å². The second kappa shape index (κ2) is 8.82. The average molecular weight is 394 g/mol. The fraction of sp³-hybridized carbons (Fsp3) is 0.304. The Kier molecular flexibility index (Phi) is 6.22. The molecule has 0 aromatic heterocycles.